The molecule has 1 aliphatic heterocycles. The molecule has 0 saturated heterocycles. The second kappa shape index (κ2) is 7.16. The zero-order valence-corrected chi connectivity index (χ0v) is 16.5. The summed E-state index contributed by atoms with van der Waals surface area (Å²) in [6.45, 7) is 0.529. The van der Waals surface area contributed by atoms with Gasteiger partial charge in [-0.25, -0.2) is 13.7 Å². The van der Waals surface area contributed by atoms with Gasteiger partial charge in [0.25, 0.3) is 0 Å². The lowest BCUT2D eigenvalue weighted by molar-refractivity contribution is 0.0508. The van der Waals surface area contributed by atoms with Crippen molar-refractivity contribution in [1.29, 1.82) is 0 Å². The van der Waals surface area contributed by atoms with Crippen LogP contribution in [0.3, 0.4) is 0 Å². The van der Waals surface area contributed by atoms with Crippen LogP contribution >= 0.6 is 0 Å². The number of para-hydroxylation sites is 1. The van der Waals surface area contributed by atoms with Crippen LogP contribution in [0.1, 0.15) is 35.7 Å². The SMILES string of the molecule is NC1c2ccccc2N(Cc2ccc(F)cc2)C(N)N1C1(c2ccc(F)cc2)CC1. The summed E-state index contributed by atoms with van der Waals surface area (Å²) < 4.78 is 26.9. The van der Waals surface area contributed by atoms with Crippen LogP contribution in [0, 0.1) is 11.6 Å². The number of anilines is 1. The molecule has 154 valence electrons. The highest BCUT2D eigenvalue weighted by Crippen LogP contribution is 2.56. The van der Waals surface area contributed by atoms with Gasteiger partial charge in [0.05, 0.1) is 11.7 Å². The Morgan fingerprint density at radius 2 is 1.43 bits per heavy atom. The molecule has 0 aromatic heterocycles. The van der Waals surface area contributed by atoms with Crippen LogP contribution in [-0.2, 0) is 12.1 Å². The van der Waals surface area contributed by atoms with Crippen molar-refractivity contribution < 1.29 is 8.78 Å². The molecule has 30 heavy (non-hydrogen) atoms. The second-order valence-corrected chi connectivity index (χ2v) is 8.12. The molecule has 0 bridgehead atoms. The summed E-state index contributed by atoms with van der Waals surface area (Å²) in [5.41, 5.74) is 17.2. The zero-order chi connectivity index (χ0) is 20.9. The third-order valence-corrected chi connectivity index (χ3v) is 6.33. The Balaban J connectivity index is 1.56. The van der Waals surface area contributed by atoms with Crippen LogP contribution in [-0.4, -0.2) is 11.2 Å². The Labute approximate surface area is 174 Å². The lowest BCUT2D eigenvalue weighted by Gasteiger charge is -2.51. The number of nitrogens with zero attached hydrogens (tertiary/aromatic N) is 2. The van der Waals surface area contributed by atoms with Gasteiger partial charge in [-0.15, -0.1) is 0 Å². The molecular weight excluding hydrogens is 382 g/mol. The van der Waals surface area contributed by atoms with Gasteiger partial charge in [-0.2, -0.15) is 0 Å². The van der Waals surface area contributed by atoms with E-state index in [4.69, 9.17) is 11.5 Å². The number of halogens is 2. The van der Waals surface area contributed by atoms with E-state index in [1.54, 1.807) is 12.1 Å². The molecule has 1 fully saturated rings. The summed E-state index contributed by atoms with van der Waals surface area (Å²) in [7, 11) is 0. The maximum atomic E-state index is 13.5. The van der Waals surface area contributed by atoms with Gasteiger partial charge < -0.3 is 10.6 Å². The van der Waals surface area contributed by atoms with Crippen molar-refractivity contribution in [1.82, 2.24) is 4.90 Å². The summed E-state index contributed by atoms with van der Waals surface area (Å²) >= 11 is 0. The number of hydrogen-bond donors (Lipinski definition) is 2. The fourth-order valence-corrected chi connectivity index (χ4v) is 4.67. The van der Waals surface area contributed by atoms with Gasteiger partial charge >= 0.3 is 0 Å². The monoisotopic (exact) mass is 406 g/mol. The Morgan fingerprint density at radius 3 is 2.07 bits per heavy atom. The van der Waals surface area contributed by atoms with Crippen LogP contribution < -0.4 is 16.4 Å². The van der Waals surface area contributed by atoms with E-state index < -0.39 is 6.29 Å². The van der Waals surface area contributed by atoms with E-state index in [1.807, 2.05) is 36.4 Å². The minimum atomic E-state index is -0.479. The van der Waals surface area contributed by atoms with E-state index in [1.165, 1.54) is 24.3 Å². The van der Waals surface area contributed by atoms with Gasteiger partial charge in [-0.05, 0) is 54.3 Å². The normalized spacial score (nSPS) is 22.6. The maximum Gasteiger partial charge on any atom is 0.137 e. The van der Waals surface area contributed by atoms with Gasteiger partial charge in [-0.3, -0.25) is 5.73 Å². The first-order chi connectivity index (χ1) is 14.5. The molecule has 5 rings (SSSR count). The molecule has 2 atom stereocenters. The van der Waals surface area contributed by atoms with Gasteiger partial charge in [-0.1, -0.05) is 42.5 Å². The van der Waals surface area contributed by atoms with E-state index in [2.05, 4.69) is 9.80 Å². The Kier molecular flexibility index (Phi) is 4.58. The number of rotatable bonds is 4. The maximum absolute atomic E-state index is 13.5. The minimum absolute atomic E-state index is 0.259. The molecule has 0 spiro atoms. The molecule has 6 heteroatoms. The summed E-state index contributed by atoms with van der Waals surface area (Å²) in [6, 6.07) is 21.1. The molecule has 3 aromatic rings. The van der Waals surface area contributed by atoms with E-state index >= 15 is 0 Å². The molecule has 2 aliphatic rings. The van der Waals surface area contributed by atoms with E-state index in [0.717, 1.165) is 35.2 Å². The number of hydrogen-bond acceptors (Lipinski definition) is 4. The molecule has 0 radical (unpaired) electrons. The fraction of sp³-hybridized carbons (Fsp3) is 0.250. The summed E-state index contributed by atoms with van der Waals surface area (Å²) in [6.07, 6.45) is 0.958. The van der Waals surface area contributed by atoms with Crippen molar-refractivity contribution in [2.45, 2.75) is 37.4 Å². The molecular formula is C24H24F2N4. The average Bonchev–Trinajstić information content (AvgIpc) is 3.55. The topological polar surface area (TPSA) is 58.5 Å². The summed E-state index contributed by atoms with van der Waals surface area (Å²) in [4.78, 5) is 4.25. The van der Waals surface area contributed by atoms with Gasteiger partial charge in [0.15, 0.2) is 0 Å². The Bertz CT molecular complexity index is 1050. The standard InChI is InChI=1S/C24H24F2N4/c25-18-9-5-16(6-10-18)15-29-21-4-2-1-3-20(21)22(27)30(23(29)28)24(13-14-24)17-7-11-19(26)12-8-17/h1-12,22-23H,13-15,27-28H2. The highest BCUT2D eigenvalue weighted by Gasteiger charge is 2.55. The second-order valence-electron chi connectivity index (χ2n) is 8.12. The van der Waals surface area contributed by atoms with Crippen molar-refractivity contribution in [3.05, 3.63) is 101 Å². The highest BCUT2D eigenvalue weighted by molar-refractivity contribution is 5.58. The smallest absolute Gasteiger partial charge is 0.137 e. The molecule has 2 unspecified atom stereocenters. The minimum Gasteiger partial charge on any atom is -0.339 e. The van der Waals surface area contributed by atoms with Crippen molar-refractivity contribution in [2.75, 3.05) is 4.90 Å². The van der Waals surface area contributed by atoms with Crippen molar-refractivity contribution in [2.24, 2.45) is 11.5 Å². The summed E-state index contributed by atoms with van der Waals surface area (Å²) in [5.74, 6) is -0.524. The Hall–Kier alpha value is -2.80. The largest absolute Gasteiger partial charge is 0.339 e. The van der Waals surface area contributed by atoms with Crippen LogP contribution in [0.5, 0.6) is 0 Å². The number of nitrogens with two attached hydrogens (primary N) is 2. The van der Waals surface area contributed by atoms with Crippen molar-refractivity contribution in [3.63, 3.8) is 0 Å². The third kappa shape index (κ3) is 3.08. The molecule has 1 saturated carbocycles. The fourth-order valence-electron chi connectivity index (χ4n) is 4.67. The zero-order valence-electron chi connectivity index (χ0n) is 16.5. The van der Waals surface area contributed by atoms with Gasteiger partial charge in [0.1, 0.15) is 17.9 Å². The number of benzene rings is 3. The molecule has 1 aliphatic carbocycles. The number of fused-ring (bicyclic) bond motifs is 1. The van der Waals surface area contributed by atoms with E-state index in [9.17, 15) is 8.78 Å². The Morgan fingerprint density at radius 1 is 0.833 bits per heavy atom. The van der Waals surface area contributed by atoms with Crippen LogP contribution in [0.2, 0.25) is 0 Å². The van der Waals surface area contributed by atoms with Gasteiger partial charge in [0, 0.05) is 17.8 Å². The van der Waals surface area contributed by atoms with Crippen LogP contribution in [0.25, 0.3) is 0 Å². The first kappa shape index (κ1) is 19.2. The van der Waals surface area contributed by atoms with E-state index in [0.29, 0.717) is 6.54 Å². The van der Waals surface area contributed by atoms with Crippen molar-refractivity contribution >= 4 is 5.69 Å². The quantitative estimate of drug-likeness (QED) is 0.683. The molecule has 3 aromatic carbocycles. The first-order valence-electron chi connectivity index (χ1n) is 10.2. The van der Waals surface area contributed by atoms with Crippen LogP contribution in [0.4, 0.5) is 14.5 Å². The molecule has 0 amide bonds. The third-order valence-electron chi connectivity index (χ3n) is 6.33. The predicted molar refractivity (Wildman–Crippen MR) is 113 cm³/mol. The average molecular weight is 406 g/mol. The molecule has 4 nitrogen and oxygen atoms in total. The van der Waals surface area contributed by atoms with Gasteiger partial charge in [0.2, 0.25) is 0 Å². The van der Waals surface area contributed by atoms with Crippen molar-refractivity contribution in [3.8, 4) is 0 Å². The van der Waals surface area contributed by atoms with Crippen LogP contribution in [0.15, 0.2) is 72.8 Å². The predicted octanol–water partition coefficient (Wildman–Crippen LogP) is 4.18. The lowest BCUT2D eigenvalue weighted by atomic mass is 9.97. The van der Waals surface area contributed by atoms with E-state index in [-0.39, 0.29) is 23.3 Å². The first-order valence-corrected chi connectivity index (χ1v) is 10.2. The summed E-state index contributed by atoms with van der Waals surface area (Å²) in [5, 5.41) is 0. The molecule has 4 N–H and O–H groups in total. The molecule has 1 heterocycles. The highest BCUT2D eigenvalue weighted by atomic mass is 19.1. The lowest BCUT2D eigenvalue weighted by Crippen LogP contribution is -2.63.